The van der Waals surface area contributed by atoms with Crippen LogP contribution in [0.1, 0.15) is 18.2 Å². The fourth-order valence-electron chi connectivity index (χ4n) is 3.99. The van der Waals surface area contributed by atoms with Crippen molar-refractivity contribution < 1.29 is 18.0 Å². The SMILES string of the molecule is CCNC(=O)Nc1nc2ccc(-c3cc(Cc4n[nH]c(=O)c5cc(F)c(F)cc45)ccc3F)cc2[nH]1. The average Bonchev–Trinajstić information content (AvgIpc) is 3.24. The number of H-pyrrole nitrogens is 2. The molecule has 0 unspecified atom stereocenters. The molecule has 0 fully saturated rings. The molecule has 11 heteroatoms. The van der Waals surface area contributed by atoms with Crippen molar-refractivity contribution >= 4 is 33.8 Å². The first kappa shape index (κ1) is 23.1. The van der Waals surface area contributed by atoms with E-state index in [0.717, 1.165) is 12.1 Å². The fraction of sp³-hybridized carbons (Fsp3) is 0.120. The number of rotatable bonds is 5. The van der Waals surface area contributed by atoms with Crippen LogP contribution in [0, 0.1) is 17.5 Å². The lowest BCUT2D eigenvalue weighted by Gasteiger charge is -2.09. The summed E-state index contributed by atoms with van der Waals surface area (Å²) in [6.45, 7) is 2.25. The molecule has 36 heavy (non-hydrogen) atoms. The zero-order valence-electron chi connectivity index (χ0n) is 18.9. The molecule has 5 rings (SSSR count). The molecular weight excluding hydrogens is 473 g/mol. The highest BCUT2D eigenvalue weighted by atomic mass is 19.2. The van der Waals surface area contributed by atoms with Crippen LogP contribution in [0.4, 0.5) is 23.9 Å². The smallest absolute Gasteiger partial charge is 0.321 e. The second kappa shape index (κ2) is 9.17. The Morgan fingerprint density at radius 3 is 2.53 bits per heavy atom. The van der Waals surface area contributed by atoms with Crippen LogP contribution < -0.4 is 16.2 Å². The molecule has 0 radical (unpaired) electrons. The van der Waals surface area contributed by atoms with Crippen molar-refractivity contribution in [1.29, 1.82) is 0 Å². The minimum Gasteiger partial charge on any atom is -0.338 e. The molecular formula is C25H19F3N6O2. The van der Waals surface area contributed by atoms with Gasteiger partial charge in [0.25, 0.3) is 5.56 Å². The van der Waals surface area contributed by atoms with Crippen molar-refractivity contribution in [3.8, 4) is 11.1 Å². The van der Waals surface area contributed by atoms with Gasteiger partial charge in [0.1, 0.15) is 5.82 Å². The molecule has 5 aromatic rings. The first-order valence-electron chi connectivity index (χ1n) is 11.0. The van der Waals surface area contributed by atoms with Gasteiger partial charge in [-0.3, -0.25) is 10.1 Å². The number of urea groups is 1. The van der Waals surface area contributed by atoms with Gasteiger partial charge in [0.2, 0.25) is 5.95 Å². The summed E-state index contributed by atoms with van der Waals surface area (Å²) in [4.78, 5) is 31.1. The van der Waals surface area contributed by atoms with Crippen LogP contribution in [0.25, 0.3) is 32.9 Å². The zero-order valence-corrected chi connectivity index (χ0v) is 18.9. The highest BCUT2D eigenvalue weighted by Crippen LogP contribution is 2.29. The van der Waals surface area contributed by atoms with E-state index >= 15 is 0 Å². The lowest BCUT2D eigenvalue weighted by Crippen LogP contribution is -2.28. The lowest BCUT2D eigenvalue weighted by molar-refractivity contribution is 0.252. The lowest BCUT2D eigenvalue weighted by atomic mass is 9.98. The highest BCUT2D eigenvalue weighted by molar-refractivity contribution is 5.91. The summed E-state index contributed by atoms with van der Waals surface area (Å²) < 4.78 is 42.4. The number of imidazole rings is 1. The Hall–Kier alpha value is -4.67. The van der Waals surface area contributed by atoms with Crippen molar-refractivity contribution in [2.24, 2.45) is 0 Å². The van der Waals surface area contributed by atoms with Gasteiger partial charge < -0.3 is 10.3 Å². The van der Waals surface area contributed by atoms with E-state index in [4.69, 9.17) is 0 Å². The maximum Gasteiger partial charge on any atom is 0.321 e. The number of benzene rings is 3. The summed E-state index contributed by atoms with van der Waals surface area (Å²) in [5.74, 6) is -2.44. The summed E-state index contributed by atoms with van der Waals surface area (Å²) in [5.41, 5.74) is 2.35. The predicted octanol–water partition coefficient (Wildman–Crippen LogP) is 4.62. The molecule has 0 spiro atoms. The van der Waals surface area contributed by atoms with Gasteiger partial charge >= 0.3 is 6.03 Å². The zero-order chi connectivity index (χ0) is 25.4. The number of aromatic amines is 2. The molecule has 8 nitrogen and oxygen atoms in total. The first-order valence-corrected chi connectivity index (χ1v) is 11.0. The number of nitrogens with one attached hydrogen (secondary N) is 4. The Kier molecular flexibility index (Phi) is 5.88. The molecule has 0 aliphatic carbocycles. The van der Waals surface area contributed by atoms with Crippen molar-refractivity contribution in [2.75, 3.05) is 11.9 Å². The van der Waals surface area contributed by atoms with Gasteiger partial charge in [-0.25, -0.2) is 28.0 Å². The van der Waals surface area contributed by atoms with E-state index in [2.05, 4.69) is 30.8 Å². The number of carbonyl (C=O) groups excluding carboxylic acids is 1. The van der Waals surface area contributed by atoms with Crippen LogP contribution in [0.15, 0.2) is 53.3 Å². The average molecular weight is 492 g/mol. The first-order chi connectivity index (χ1) is 17.3. The maximum atomic E-state index is 14.8. The Labute approximate surface area is 201 Å². The van der Waals surface area contributed by atoms with E-state index < -0.39 is 29.0 Å². The summed E-state index contributed by atoms with van der Waals surface area (Å²) in [5, 5.41) is 11.6. The van der Waals surface area contributed by atoms with Crippen molar-refractivity contribution in [3.63, 3.8) is 0 Å². The topological polar surface area (TPSA) is 116 Å². The third kappa shape index (κ3) is 4.38. The van der Waals surface area contributed by atoms with Gasteiger partial charge in [0, 0.05) is 23.9 Å². The van der Waals surface area contributed by atoms with Gasteiger partial charge in [0.05, 0.1) is 22.1 Å². The van der Waals surface area contributed by atoms with Crippen molar-refractivity contribution in [1.82, 2.24) is 25.5 Å². The van der Waals surface area contributed by atoms with Crippen LogP contribution in [-0.2, 0) is 6.42 Å². The molecule has 0 atom stereocenters. The summed E-state index contributed by atoms with van der Waals surface area (Å²) in [6.07, 6.45) is 0.137. The molecule has 182 valence electrons. The van der Waals surface area contributed by atoms with E-state index in [-0.39, 0.29) is 23.1 Å². The van der Waals surface area contributed by atoms with Crippen LogP contribution in [0.5, 0.6) is 0 Å². The van der Waals surface area contributed by atoms with E-state index in [9.17, 15) is 22.8 Å². The number of halogens is 3. The third-order valence-corrected chi connectivity index (χ3v) is 5.67. The van der Waals surface area contributed by atoms with Gasteiger partial charge in [-0.2, -0.15) is 5.10 Å². The predicted molar refractivity (Wildman–Crippen MR) is 129 cm³/mol. The highest BCUT2D eigenvalue weighted by Gasteiger charge is 2.15. The fourth-order valence-corrected chi connectivity index (χ4v) is 3.99. The van der Waals surface area contributed by atoms with Gasteiger partial charge in [-0.15, -0.1) is 0 Å². The number of anilines is 1. The van der Waals surface area contributed by atoms with Crippen LogP contribution >= 0.6 is 0 Å². The largest absolute Gasteiger partial charge is 0.338 e. The number of fused-ring (bicyclic) bond motifs is 2. The second-order valence-electron chi connectivity index (χ2n) is 8.10. The van der Waals surface area contributed by atoms with Crippen LogP contribution in [-0.4, -0.2) is 32.7 Å². The van der Waals surface area contributed by atoms with Gasteiger partial charge in [-0.1, -0.05) is 12.1 Å². The molecule has 2 heterocycles. The van der Waals surface area contributed by atoms with Gasteiger partial charge in [0.15, 0.2) is 11.6 Å². The molecule has 0 aliphatic heterocycles. The van der Waals surface area contributed by atoms with Crippen LogP contribution in [0.3, 0.4) is 0 Å². The van der Waals surface area contributed by atoms with E-state index in [1.54, 1.807) is 37.3 Å². The quantitative estimate of drug-likeness (QED) is 0.287. The van der Waals surface area contributed by atoms with Crippen LogP contribution in [0.2, 0.25) is 0 Å². The minimum absolute atomic E-state index is 0.0250. The normalized spacial score (nSPS) is 11.2. The Bertz CT molecular complexity index is 1700. The molecule has 2 amide bonds. The molecule has 0 aliphatic rings. The minimum atomic E-state index is -1.13. The standard InChI is InChI=1S/C25H19F3N6O2/c1-2-29-25(36)32-24-30-20-6-4-13(9-22(20)31-24)14-7-12(3-5-17(14)26)8-21-15-10-18(27)19(28)11-16(15)23(35)34-33-21/h3-7,9-11H,2,8H2,1H3,(H,34,35)(H3,29,30,31,32,36). The third-order valence-electron chi connectivity index (χ3n) is 5.67. The monoisotopic (exact) mass is 492 g/mol. The Balaban J connectivity index is 1.49. The molecule has 4 N–H and O–H groups in total. The molecule has 0 saturated heterocycles. The van der Waals surface area contributed by atoms with E-state index in [1.807, 2.05) is 0 Å². The molecule has 3 aromatic carbocycles. The molecule has 0 saturated carbocycles. The second-order valence-corrected chi connectivity index (χ2v) is 8.10. The molecule has 2 aromatic heterocycles. The number of hydrogen-bond donors (Lipinski definition) is 4. The summed E-state index contributed by atoms with van der Waals surface area (Å²) in [6, 6.07) is 11.0. The van der Waals surface area contributed by atoms with E-state index in [0.29, 0.717) is 40.0 Å². The number of nitrogens with zero attached hydrogens (tertiary/aromatic N) is 2. The van der Waals surface area contributed by atoms with Gasteiger partial charge in [-0.05, 0) is 54.4 Å². The number of aromatic nitrogens is 4. The van der Waals surface area contributed by atoms with Crippen molar-refractivity contribution in [3.05, 3.63) is 87.6 Å². The summed E-state index contributed by atoms with van der Waals surface area (Å²) in [7, 11) is 0. The number of amides is 2. The Morgan fingerprint density at radius 1 is 0.972 bits per heavy atom. The molecule has 0 bridgehead atoms. The number of carbonyl (C=O) groups is 1. The summed E-state index contributed by atoms with van der Waals surface area (Å²) >= 11 is 0. The number of hydrogen-bond acceptors (Lipinski definition) is 4. The van der Waals surface area contributed by atoms with E-state index in [1.165, 1.54) is 6.07 Å². The van der Waals surface area contributed by atoms with Crippen molar-refractivity contribution in [2.45, 2.75) is 13.3 Å². The maximum absolute atomic E-state index is 14.8. The Morgan fingerprint density at radius 2 is 1.75 bits per heavy atom.